The summed E-state index contributed by atoms with van der Waals surface area (Å²) in [7, 11) is 0. The van der Waals surface area contributed by atoms with Crippen LogP contribution in [0.15, 0.2) is 9.85 Å². The van der Waals surface area contributed by atoms with Crippen molar-refractivity contribution in [1.29, 1.82) is 0 Å². The zero-order valence-corrected chi connectivity index (χ0v) is 13.7. The minimum atomic E-state index is 0.728. The fraction of sp³-hybridized carbons (Fsp3) is 0.643. The van der Waals surface area contributed by atoms with E-state index in [-0.39, 0.29) is 0 Å². The Kier molecular flexibility index (Phi) is 4.37. The average molecular weight is 344 g/mol. The van der Waals surface area contributed by atoms with E-state index in [2.05, 4.69) is 22.0 Å². The molecule has 0 amide bonds. The molecule has 98 valence electrons. The molecule has 0 aliphatic heterocycles. The number of halogens is 1. The van der Waals surface area contributed by atoms with E-state index >= 15 is 0 Å². The Morgan fingerprint density at radius 3 is 2.33 bits per heavy atom. The van der Waals surface area contributed by atoms with Crippen LogP contribution in [-0.4, -0.2) is 4.98 Å². The lowest BCUT2D eigenvalue weighted by Gasteiger charge is -2.12. The first-order valence-corrected chi connectivity index (χ1v) is 9.31. The molecule has 1 aliphatic rings. The van der Waals surface area contributed by atoms with Crippen molar-refractivity contribution in [2.24, 2.45) is 0 Å². The van der Waals surface area contributed by atoms with Crippen LogP contribution < -0.4 is 0 Å². The Morgan fingerprint density at radius 1 is 1.00 bits per heavy atom. The van der Waals surface area contributed by atoms with Crippen molar-refractivity contribution in [3.8, 4) is 0 Å². The second kappa shape index (κ2) is 6.02. The van der Waals surface area contributed by atoms with Crippen LogP contribution in [-0.2, 0) is 0 Å². The highest BCUT2D eigenvalue weighted by Crippen LogP contribution is 2.39. The monoisotopic (exact) mass is 343 g/mol. The topological polar surface area (TPSA) is 12.9 Å². The Balaban J connectivity index is 1.79. The Hall–Kier alpha value is 0.0700. The van der Waals surface area contributed by atoms with Crippen LogP contribution >= 0.6 is 38.6 Å². The van der Waals surface area contributed by atoms with E-state index in [1.807, 2.05) is 11.3 Å². The molecule has 0 unspecified atom stereocenters. The Labute approximate surface area is 125 Å². The molecule has 2 aromatic rings. The fourth-order valence-corrected chi connectivity index (χ4v) is 5.74. The van der Waals surface area contributed by atoms with Crippen molar-refractivity contribution in [3.05, 3.63) is 14.9 Å². The second-order valence-electron chi connectivity index (χ2n) is 5.17. The van der Waals surface area contributed by atoms with Gasteiger partial charge in [0.05, 0.1) is 13.5 Å². The summed E-state index contributed by atoms with van der Waals surface area (Å²) in [6.07, 6.45) is 11.2. The lowest BCUT2D eigenvalue weighted by molar-refractivity contribution is 0.538. The summed E-state index contributed by atoms with van der Waals surface area (Å²) >= 11 is 7.23. The molecule has 1 aliphatic carbocycles. The fourth-order valence-electron chi connectivity index (χ4n) is 2.78. The molecule has 1 fully saturated rings. The van der Waals surface area contributed by atoms with E-state index in [1.54, 1.807) is 11.3 Å². The maximum absolute atomic E-state index is 4.87. The zero-order valence-electron chi connectivity index (χ0n) is 10.5. The summed E-state index contributed by atoms with van der Waals surface area (Å²) in [5.74, 6) is 0.728. The number of rotatable bonds is 1. The average Bonchev–Trinajstić information content (AvgIpc) is 2.88. The normalized spacial score (nSPS) is 19.6. The molecule has 0 saturated heterocycles. The molecule has 1 saturated carbocycles. The molecular weight excluding hydrogens is 326 g/mol. The van der Waals surface area contributed by atoms with Crippen molar-refractivity contribution >= 4 is 48.1 Å². The van der Waals surface area contributed by atoms with Crippen LogP contribution in [0.5, 0.6) is 0 Å². The maximum atomic E-state index is 4.87. The smallest absolute Gasteiger partial charge is 0.135 e. The van der Waals surface area contributed by atoms with Gasteiger partial charge in [0.25, 0.3) is 0 Å². The standard InChI is InChI=1S/C14H18BrNS2/c15-12-9-11-14(18-12)16-13(17-11)10-7-5-3-1-2-4-6-8-10/h9-10H,1-8H2. The van der Waals surface area contributed by atoms with E-state index < -0.39 is 0 Å². The van der Waals surface area contributed by atoms with Gasteiger partial charge in [-0.1, -0.05) is 38.5 Å². The number of thiazole rings is 1. The van der Waals surface area contributed by atoms with Gasteiger partial charge in [-0.2, -0.15) is 0 Å². The van der Waals surface area contributed by atoms with Crippen molar-refractivity contribution in [2.45, 2.75) is 57.3 Å². The molecule has 0 N–H and O–H groups in total. The van der Waals surface area contributed by atoms with Gasteiger partial charge >= 0.3 is 0 Å². The number of aromatic nitrogens is 1. The molecule has 0 bridgehead atoms. The molecule has 2 aromatic heterocycles. The highest BCUT2D eigenvalue weighted by atomic mass is 79.9. The summed E-state index contributed by atoms with van der Waals surface area (Å²) in [5, 5.41) is 1.39. The molecule has 0 spiro atoms. The van der Waals surface area contributed by atoms with E-state index in [0.29, 0.717) is 0 Å². The van der Waals surface area contributed by atoms with Gasteiger partial charge in [0, 0.05) is 5.92 Å². The number of hydrogen-bond acceptors (Lipinski definition) is 3. The molecule has 0 aromatic carbocycles. The number of thiophene rings is 1. The van der Waals surface area contributed by atoms with E-state index in [1.165, 1.54) is 69.7 Å². The third kappa shape index (κ3) is 2.97. The third-order valence-electron chi connectivity index (χ3n) is 3.78. The predicted octanol–water partition coefficient (Wildman–Crippen LogP) is 6.34. The second-order valence-corrected chi connectivity index (χ2v) is 8.64. The molecule has 3 rings (SSSR count). The summed E-state index contributed by atoms with van der Waals surface area (Å²) < 4.78 is 2.57. The molecule has 1 nitrogen and oxygen atoms in total. The summed E-state index contributed by atoms with van der Waals surface area (Å²) in [6, 6.07) is 2.22. The van der Waals surface area contributed by atoms with Gasteiger partial charge < -0.3 is 0 Å². The van der Waals surface area contributed by atoms with Crippen molar-refractivity contribution < 1.29 is 0 Å². The summed E-state index contributed by atoms with van der Waals surface area (Å²) in [4.78, 5) is 6.09. The van der Waals surface area contributed by atoms with E-state index in [4.69, 9.17) is 4.98 Å². The number of fused-ring (bicyclic) bond motifs is 1. The summed E-state index contributed by atoms with van der Waals surface area (Å²) in [6.45, 7) is 0. The van der Waals surface area contributed by atoms with Crippen LogP contribution in [0.3, 0.4) is 0 Å². The molecule has 0 radical (unpaired) electrons. The lowest BCUT2D eigenvalue weighted by atomic mass is 9.98. The largest absolute Gasteiger partial charge is 0.230 e. The van der Waals surface area contributed by atoms with Crippen molar-refractivity contribution in [1.82, 2.24) is 4.98 Å². The number of nitrogens with zero attached hydrogens (tertiary/aromatic N) is 1. The highest BCUT2D eigenvalue weighted by molar-refractivity contribution is 9.11. The van der Waals surface area contributed by atoms with Crippen molar-refractivity contribution in [3.63, 3.8) is 0 Å². The number of hydrogen-bond donors (Lipinski definition) is 0. The SMILES string of the molecule is Brc1cc2sc(C3CCCCCCCC3)nc2s1. The summed E-state index contributed by atoms with van der Waals surface area (Å²) in [5.41, 5.74) is 0. The molecule has 4 heteroatoms. The van der Waals surface area contributed by atoms with Crippen molar-refractivity contribution in [2.75, 3.05) is 0 Å². The van der Waals surface area contributed by atoms with Crippen LogP contribution in [0.2, 0.25) is 0 Å². The van der Waals surface area contributed by atoms with Gasteiger partial charge in [-0.3, -0.25) is 0 Å². The Bertz CT molecular complexity index is 475. The van der Waals surface area contributed by atoms with Gasteiger partial charge in [0.1, 0.15) is 4.83 Å². The van der Waals surface area contributed by atoms with Crippen LogP contribution in [0.1, 0.15) is 62.3 Å². The minimum Gasteiger partial charge on any atom is -0.230 e. The predicted molar refractivity (Wildman–Crippen MR) is 84.9 cm³/mol. The van der Waals surface area contributed by atoms with Gasteiger partial charge in [-0.05, 0) is 34.8 Å². The maximum Gasteiger partial charge on any atom is 0.135 e. The molecule has 18 heavy (non-hydrogen) atoms. The first kappa shape index (κ1) is 13.1. The quantitative estimate of drug-likeness (QED) is 0.588. The van der Waals surface area contributed by atoms with Gasteiger partial charge in [-0.25, -0.2) is 4.98 Å². The van der Waals surface area contributed by atoms with E-state index in [9.17, 15) is 0 Å². The molecule has 0 atom stereocenters. The zero-order chi connectivity index (χ0) is 12.4. The van der Waals surface area contributed by atoms with Crippen LogP contribution in [0, 0.1) is 0 Å². The van der Waals surface area contributed by atoms with Crippen LogP contribution in [0.25, 0.3) is 9.53 Å². The minimum absolute atomic E-state index is 0.728. The van der Waals surface area contributed by atoms with Gasteiger partial charge in [0.2, 0.25) is 0 Å². The van der Waals surface area contributed by atoms with E-state index in [0.717, 1.165) is 5.92 Å². The first-order valence-electron chi connectivity index (χ1n) is 6.89. The highest BCUT2D eigenvalue weighted by Gasteiger charge is 2.18. The molecular formula is C14H18BrNS2. The first-order chi connectivity index (χ1) is 8.83. The third-order valence-corrected chi connectivity index (χ3v) is 6.61. The van der Waals surface area contributed by atoms with Gasteiger partial charge in [0.15, 0.2) is 0 Å². The lowest BCUT2D eigenvalue weighted by Crippen LogP contribution is -1.97. The van der Waals surface area contributed by atoms with Gasteiger partial charge in [-0.15, -0.1) is 22.7 Å². The Morgan fingerprint density at radius 2 is 1.67 bits per heavy atom. The van der Waals surface area contributed by atoms with Crippen LogP contribution in [0.4, 0.5) is 0 Å². The molecule has 2 heterocycles.